The van der Waals surface area contributed by atoms with E-state index in [0.717, 1.165) is 10.6 Å². The van der Waals surface area contributed by atoms with Gasteiger partial charge in [0.2, 0.25) is 5.17 Å². The third-order valence-corrected chi connectivity index (χ3v) is 3.92. The first-order chi connectivity index (χ1) is 8.88. The first-order valence-electron chi connectivity index (χ1n) is 5.40. The van der Waals surface area contributed by atoms with Gasteiger partial charge in [-0.15, -0.1) is 11.3 Å². The monoisotopic (exact) mass is 275 g/mol. The van der Waals surface area contributed by atoms with Crippen LogP contribution in [0.2, 0.25) is 0 Å². The Kier molecular flexibility index (Phi) is 4.99. The van der Waals surface area contributed by atoms with Crippen LogP contribution in [0.4, 0.5) is 0 Å². The van der Waals surface area contributed by atoms with Gasteiger partial charge in [0.05, 0.1) is 0 Å². The summed E-state index contributed by atoms with van der Waals surface area (Å²) in [6, 6.07) is 14.2. The molecule has 2 N–H and O–H groups in total. The minimum atomic E-state index is 0.590. The van der Waals surface area contributed by atoms with E-state index in [-0.39, 0.29) is 0 Å². The van der Waals surface area contributed by atoms with Crippen molar-refractivity contribution >= 4 is 34.5 Å². The average molecular weight is 275 g/mol. The molecule has 0 aliphatic heterocycles. The number of amidine groups is 1. The molecule has 0 bridgehead atoms. The molecule has 0 radical (unpaired) electrons. The maximum Gasteiger partial charge on any atom is 0.206 e. The van der Waals surface area contributed by atoms with E-state index in [1.54, 1.807) is 17.6 Å². The molecule has 0 amide bonds. The first kappa shape index (κ1) is 12.9. The summed E-state index contributed by atoms with van der Waals surface area (Å²) in [4.78, 5) is 5.37. The van der Waals surface area contributed by atoms with E-state index in [1.807, 2.05) is 35.7 Å². The highest BCUT2D eigenvalue weighted by atomic mass is 32.2. The van der Waals surface area contributed by atoms with E-state index >= 15 is 0 Å². The topological polar surface area (TPSA) is 50.7 Å². The third-order valence-electron chi connectivity index (χ3n) is 2.17. The number of hydrogen-bond acceptors (Lipinski definition) is 4. The Morgan fingerprint density at radius 2 is 2.06 bits per heavy atom. The summed E-state index contributed by atoms with van der Waals surface area (Å²) >= 11 is 3.16. The summed E-state index contributed by atoms with van der Waals surface area (Å²) in [5.41, 5.74) is 1.23. The van der Waals surface area contributed by atoms with Gasteiger partial charge in [0.15, 0.2) is 0 Å². The van der Waals surface area contributed by atoms with E-state index in [9.17, 15) is 0 Å². The Hall–Kier alpha value is -1.59. The van der Waals surface area contributed by atoms with E-state index in [1.165, 1.54) is 17.3 Å². The number of hydrazone groups is 1. The van der Waals surface area contributed by atoms with Crippen LogP contribution in [0.3, 0.4) is 0 Å². The molecule has 0 aliphatic rings. The lowest BCUT2D eigenvalue weighted by Gasteiger charge is -1.99. The van der Waals surface area contributed by atoms with Crippen LogP contribution in [0, 0.1) is 0 Å². The number of hydrogen-bond donors (Lipinski definition) is 1. The quantitative estimate of drug-likeness (QED) is 0.404. The van der Waals surface area contributed by atoms with Gasteiger partial charge >= 0.3 is 0 Å². The van der Waals surface area contributed by atoms with E-state index in [4.69, 9.17) is 5.84 Å². The largest absolute Gasteiger partial charge is 0.321 e. The van der Waals surface area contributed by atoms with Crippen molar-refractivity contribution in [2.45, 2.75) is 5.75 Å². The van der Waals surface area contributed by atoms with E-state index in [0.29, 0.717) is 5.17 Å². The highest BCUT2D eigenvalue weighted by molar-refractivity contribution is 8.13. The minimum Gasteiger partial charge on any atom is -0.321 e. The average Bonchev–Trinajstić information content (AvgIpc) is 2.93. The van der Waals surface area contributed by atoms with Crippen molar-refractivity contribution in [2.24, 2.45) is 15.9 Å². The van der Waals surface area contributed by atoms with Crippen LogP contribution in [0.1, 0.15) is 10.4 Å². The van der Waals surface area contributed by atoms with Gasteiger partial charge in [-0.1, -0.05) is 48.2 Å². The van der Waals surface area contributed by atoms with Crippen molar-refractivity contribution in [1.29, 1.82) is 0 Å². The number of nitrogens with zero attached hydrogens (tertiary/aromatic N) is 2. The molecule has 5 heteroatoms. The summed E-state index contributed by atoms with van der Waals surface area (Å²) in [6.07, 6.45) is 1.79. The van der Waals surface area contributed by atoms with Gasteiger partial charge in [-0.3, -0.25) is 0 Å². The molecule has 2 aromatic rings. The maximum atomic E-state index is 5.33. The lowest BCUT2D eigenvalue weighted by molar-refractivity contribution is 1.25. The molecular formula is C13H13N3S2. The van der Waals surface area contributed by atoms with Crippen LogP contribution in [0.5, 0.6) is 0 Å². The molecule has 92 valence electrons. The SMILES string of the molecule is N/N=C(/N=C/c1cccs1)SCc1ccccc1. The Bertz CT molecular complexity index is 518. The van der Waals surface area contributed by atoms with Crippen molar-refractivity contribution in [3.63, 3.8) is 0 Å². The van der Waals surface area contributed by atoms with Gasteiger partial charge in [-0.2, -0.15) is 5.10 Å². The third kappa shape index (κ3) is 4.01. The Balaban J connectivity index is 1.91. The summed E-state index contributed by atoms with van der Waals surface area (Å²) < 4.78 is 0. The molecule has 3 nitrogen and oxygen atoms in total. The van der Waals surface area contributed by atoms with E-state index in [2.05, 4.69) is 22.2 Å². The molecule has 1 heterocycles. The molecule has 0 atom stereocenters. The fraction of sp³-hybridized carbons (Fsp3) is 0.0769. The number of thiophene rings is 1. The van der Waals surface area contributed by atoms with Gasteiger partial charge < -0.3 is 5.84 Å². The molecule has 1 aromatic carbocycles. The molecule has 18 heavy (non-hydrogen) atoms. The van der Waals surface area contributed by atoms with Crippen molar-refractivity contribution in [1.82, 2.24) is 0 Å². The fourth-order valence-corrected chi connectivity index (χ4v) is 2.59. The number of aliphatic imine (C=N–C) groups is 1. The van der Waals surface area contributed by atoms with Crippen LogP contribution in [-0.2, 0) is 5.75 Å². The molecule has 1 aromatic heterocycles. The van der Waals surface area contributed by atoms with Crippen LogP contribution in [-0.4, -0.2) is 11.4 Å². The Labute approximate surface area is 114 Å². The summed E-state index contributed by atoms with van der Waals surface area (Å²) in [7, 11) is 0. The molecule has 0 fully saturated rings. The zero-order valence-electron chi connectivity index (χ0n) is 9.69. The number of benzene rings is 1. The molecule has 0 saturated heterocycles. The lowest BCUT2D eigenvalue weighted by atomic mass is 10.2. The molecule has 0 spiro atoms. The van der Waals surface area contributed by atoms with Crippen molar-refractivity contribution in [3.8, 4) is 0 Å². The highest BCUT2D eigenvalue weighted by Crippen LogP contribution is 2.14. The normalized spacial score (nSPS) is 12.1. The minimum absolute atomic E-state index is 0.590. The lowest BCUT2D eigenvalue weighted by Crippen LogP contribution is -1.95. The van der Waals surface area contributed by atoms with Gasteiger partial charge in [0.25, 0.3) is 0 Å². The molecule has 2 rings (SSSR count). The summed E-state index contributed by atoms with van der Waals surface area (Å²) in [6.45, 7) is 0. The molecule has 0 unspecified atom stereocenters. The van der Waals surface area contributed by atoms with Gasteiger partial charge in [0, 0.05) is 16.8 Å². The highest BCUT2D eigenvalue weighted by Gasteiger charge is 1.99. The zero-order valence-corrected chi connectivity index (χ0v) is 11.3. The zero-order chi connectivity index (χ0) is 12.6. The number of rotatable bonds is 3. The Morgan fingerprint density at radius 3 is 2.72 bits per heavy atom. The molecular weight excluding hydrogens is 262 g/mol. The first-order valence-corrected chi connectivity index (χ1v) is 7.27. The second-order valence-electron chi connectivity index (χ2n) is 3.46. The fourth-order valence-electron chi connectivity index (χ4n) is 1.31. The van der Waals surface area contributed by atoms with Crippen LogP contribution >= 0.6 is 23.1 Å². The predicted molar refractivity (Wildman–Crippen MR) is 81.3 cm³/mol. The van der Waals surface area contributed by atoms with Gasteiger partial charge in [0.1, 0.15) is 0 Å². The molecule has 0 aliphatic carbocycles. The Morgan fingerprint density at radius 1 is 1.22 bits per heavy atom. The number of nitrogens with two attached hydrogens (primary N) is 1. The van der Waals surface area contributed by atoms with Crippen molar-refractivity contribution in [3.05, 3.63) is 58.3 Å². The van der Waals surface area contributed by atoms with Crippen LogP contribution in [0.15, 0.2) is 57.9 Å². The smallest absolute Gasteiger partial charge is 0.206 e. The second-order valence-corrected chi connectivity index (χ2v) is 5.38. The molecule has 0 saturated carbocycles. The van der Waals surface area contributed by atoms with Crippen LogP contribution < -0.4 is 5.84 Å². The maximum absolute atomic E-state index is 5.33. The number of thioether (sulfide) groups is 1. The van der Waals surface area contributed by atoms with Gasteiger partial charge in [-0.25, -0.2) is 4.99 Å². The van der Waals surface area contributed by atoms with Crippen molar-refractivity contribution < 1.29 is 0 Å². The second kappa shape index (κ2) is 6.98. The summed E-state index contributed by atoms with van der Waals surface area (Å²) in [5, 5.41) is 6.29. The van der Waals surface area contributed by atoms with Crippen LogP contribution in [0.25, 0.3) is 0 Å². The van der Waals surface area contributed by atoms with E-state index < -0.39 is 0 Å². The van der Waals surface area contributed by atoms with Gasteiger partial charge in [-0.05, 0) is 17.0 Å². The standard InChI is InChI=1S/C13H13N3S2/c14-16-13(15-9-12-7-4-8-17-12)18-10-11-5-2-1-3-6-11/h1-9H,10,14H2/b15-9+,16-13-. The predicted octanol–water partition coefficient (Wildman–Crippen LogP) is 3.33. The summed E-state index contributed by atoms with van der Waals surface area (Å²) in [5.74, 6) is 6.15. The van der Waals surface area contributed by atoms with Crippen molar-refractivity contribution in [2.75, 3.05) is 0 Å².